The van der Waals surface area contributed by atoms with E-state index in [9.17, 15) is 4.79 Å². The van der Waals surface area contributed by atoms with E-state index in [1.807, 2.05) is 11.0 Å². The van der Waals surface area contributed by atoms with Gasteiger partial charge in [0.1, 0.15) is 0 Å². The highest BCUT2D eigenvalue weighted by Gasteiger charge is 2.34. The van der Waals surface area contributed by atoms with Gasteiger partial charge in [-0.25, -0.2) is 0 Å². The quantitative estimate of drug-likeness (QED) is 0.738. The second-order valence-electron chi connectivity index (χ2n) is 5.10. The Morgan fingerprint density at radius 1 is 1.38 bits per heavy atom. The molecule has 3 heteroatoms. The average Bonchev–Trinajstić information content (AvgIpc) is 2.71. The number of rotatable bonds is 3. The van der Waals surface area contributed by atoms with Crippen molar-refractivity contribution in [2.75, 3.05) is 13.2 Å². The van der Waals surface area contributed by atoms with Crippen LogP contribution in [0.4, 0.5) is 0 Å². The van der Waals surface area contributed by atoms with E-state index in [4.69, 9.17) is 5.11 Å². The molecule has 1 aliphatic carbocycles. The first kappa shape index (κ1) is 11.6. The molecular formula is C13H21NO2. The predicted octanol–water partition coefficient (Wildman–Crippen LogP) is 1.57. The topological polar surface area (TPSA) is 40.5 Å². The second-order valence-corrected chi connectivity index (χ2v) is 5.10. The Morgan fingerprint density at radius 3 is 2.56 bits per heavy atom. The summed E-state index contributed by atoms with van der Waals surface area (Å²) in [5.74, 6) is 1.10. The van der Waals surface area contributed by atoms with Gasteiger partial charge >= 0.3 is 0 Å². The highest BCUT2D eigenvalue weighted by atomic mass is 16.3. The van der Waals surface area contributed by atoms with Crippen molar-refractivity contribution in [2.45, 2.75) is 38.1 Å². The van der Waals surface area contributed by atoms with Gasteiger partial charge in [-0.3, -0.25) is 4.79 Å². The molecule has 0 aromatic carbocycles. The first-order valence-electron chi connectivity index (χ1n) is 6.27. The fourth-order valence-corrected chi connectivity index (χ4v) is 2.91. The zero-order valence-corrected chi connectivity index (χ0v) is 9.77. The van der Waals surface area contributed by atoms with Crippen molar-refractivity contribution in [3.63, 3.8) is 0 Å². The Bertz CT molecular complexity index is 269. The van der Waals surface area contributed by atoms with Crippen LogP contribution >= 0.6 is 0 Å². The Balaban J connectivity index is 1.89. The van der Waals surface area contributed by atoms with Gasteiger partial charge in [-0.2, -0.15) is 0 Å². The van der Waals surface area contributed by atoms with Crippen LogP contribution in [0, 0.1) is 11.8 Å². The van der Waals surface area contributed by atoms with Crippen molar-refractivity contribution >= 4 is 5.91 Å². The van der Waals surface area contributed by atoms with Crippen molar-refractivity contribution in [1.29, 1.82) is 0 Å². The molecule has 0 spiro atoms. The Kier molecular flexibility index (Phi) is 3.64. The molecule has 1 saturated heterocycles. The Hall–Kier alpha value is -0.830. The van der Waals surface area contributed by atoms with Crippen LogP contribution in [0.5, 0.6) is 0 Å². The number of aliphatic hydroxyl groups is 1. The van der Waals surface area contributed by atoms with Gasteiger partial charge in [0.2, 0.25) is 5.91 Å². The number of carbonyl (C=O) groups excluding carboxylic acids is 1. The van der Waals surface area contributed by atoms with Gasteiger partial charge in [-0.15, -0.1) is 6.58 Å². The molecule has 16 heavy (non-hydrogen) atoms. The molecule has 2 aliphatic rings. The van der Waals surface area contributed by atoms with Gasteiger partial charge in [0.05, 0.1) is 0 Å². The van der Waals surface area contributed by atoms with Crippen molar-refractivity contribution < 1.29 is 9.90 Å². The van der Waals surface area contributed by atoms with Gasteiger partial charge in [0.15, 0.2) is 0 Å². The van der Waals surface area contributed by atoms with Gasteiger partial charge in [-0.1, -0.05) is 6.08 Å². The number of carbonyl (C=O) groups is 1. The molecular weight excluding hydrogens is 202 g/mol. The minimum atomic E-state index is 0.289. The number of hydrogen-bond acceptors (Lipinski definition) is 2. The third kappa shape index (κ3) is 2.29. The molecule has 1 amide bonds. The summed E-state index contributed by atoms with van der Waals surface area (Å²) in [7, 11) is 0. The first-order chi connectivity index (χ1) is 7.74. The van der Waals surface area contributed by atoms with Crippen molar-refractivity contribution in [1.82, 2.24) is 4.90 Å². The number of amides is 1. The second kappa shape index (κ2) is 5.00. The van der Waals surface area contributed by atoms with Gasteiger partial charge < -0.3 is 10.0 Å². The summed E-state index contributed by atoms with van der Waals surface area (Å²) in [5.41, 5.74) is 0. The van der Waals surface area contributed by atoms with E-state index in [0.29, 0.717) is 30.9 Å². The highest BCUT2D eigenvalue weighted by molar-refractivity contribution is 5.79. The van der Waals surface area contributed by atoms with E-state index in [0.717, 1.165) is 32.2 Å². The molecule has 0 aromatic rings. The van der Waals surface area contributed by atoms with Crippen molar-refractivity contribution in [3.8, 4) is 0 Å². The van der Waals surface area contributed by atoms with E-state index in [1.54, 1.807) is 0 Å². The maximum atomic E-state index is 11.8. The summed E-state index contributed by atoms with van der Waals surface area (Å²) in [4.78, 5) is 13.9. The molecule has 3 nitrogen and oxygen atoms in total. The van der Waals surface area contributed by atoms with Crippen LogP contribution in [0.1, 0.15) is 32.1 Å². The molecule has 90 valence electrons. The van der Waals surface area contributed by atoms with Crippen LogP contribution in [0.15, 0.2) is 12.7 Å². The summed E-state index contributed by atoms with van der Waals surface area (Å²) in [6.45, 7) is 4.93. The molecule has 1 unspecified atom stereocenters. The Labute approximate surface area is 97.1 Å². The molecule has 0 radical (unpaired) electrons. The predicted molar refractivity (Wildman–Crippen MR) is 62.8 cm³/mol. The van der Waals surface area contributed by atoms with Crippen LogP contribution in [0.3, 0.4) is 0 Å². The monoisotopic (exact) mass is 223 g/mol. The Morgan fingerprint density at radius 2 is 2.06 bits per heavy atom. The molecule has 0 aromatic heterocycles. The standard InChI is InChI=1S/C13H21NO2/c1-2-10-7-13(16)14(8-10)12-5-3-11(9-15)4-6-12/h2,10-12,15H,1,3-9H2. The molecule has 2 fully saturated rings. The smallest absolute Gasteiger partial charge is 0.223 e. The minimum absolute atomic E-state index is 0.289. The van der Waals surface area contributed by atoms with E-state index in [2.05, 4.69) is 6.58 Å². The number of aliphatic hydroxyl groups excluding tert-OH is 1. The average molecular weight is 223 g/mol. The molecule has 0 bridgehead atoms. The maximum Gasteiger partial charge on any atom is 0.223 e. The number of hydrogen-bond donors (Lipinski definition) is 1. The van der Waals surface area contributed by atoms with E-state index < -0.39 is 0 Å². The zero-order chi connectivity index (χ0) is 11.5. The maximum absolute atomic E-state index is 11.8. The summed E-state index contributed by atoms with van der Waals surface area (Å²) in [6.07, 6.45) is 6.77. The third-order valence-corrected chi connectivity index (χ3v) is 4.04. The van der Waals surface area contributed by atoms with E-state index >= 15 is 0 Å². The molecule has 1 atom stereocenters. The molecule has 1 heterocycles. The summed E-state index contributed by atoms with van der Waals surface area (Å²) < 4.78 is 0. The van der Waals surface area contributed by atoms with Gasteiger partial charge in [0, 0.05) is 31.5 Å². The van der Waals surface area contributed by atoms with E-state index in [-0.39, 0.29) is 5.91 Å². The lowest BCUT2D eigenvalue weighted by molar-refractivity contribution is -0.130. The summed E-state index contributed by atoms with van der Waals surface area (Å²) >= 11 is 0. The summed E-state index contributed by atoms with van der Waals surface area (Å²) in [5, 5.41) is 9.08. The number of nitrogens with zero attached hydrogens (tertiary/aromatic N) is 1. The third-order valence-electron chi connectivity index (χ3n) is 4.04. The summed E-state index contributed by atoms with van der Waals surface area (Å²) in [6, 6.07) is 0.417. The van der Waals surface area contributed by atoms with Crippen LogP contribution in [0.2, 0.25) is 0 Å². The van der Waals surface area contributed by atoms with Crippen molar-refractivity contribution in [3.05, 3.63) is 12.7 Å². The van der Waals surface area contributed by atoms with Crippen LogP contribution in [-0.2, 0) is 4.79 Å². The van der Waals surface area contributed by atoms with Crippen molar-refractivity contribution in [2.24, 2.45) is 11.8 Å². The first-order valence-corrected chi connectivity index (χ1v) is 6.27. The van der Waals surface area contributed by atoms with Crippen LogP contribution in [0.25, 0.3) is 0 Å². The van der Waals surface area contributed by atoms with Crippen LogP contribution in [-0.4, -0.2) is 35.1 Å². The fraction of sp³-hybridized carbons (Fsp3) is 0.769. The highest BCUT2D eigenvalue weighted by Crippen LogP contribution is 2.31. The molecule has 1 N–H and O–H groups in total. The van der Waals surface area contributed by atoms with E-state index in [1.165, 1.54) is 0 Å². The lowest BCUT2D eigenvalue weighted by atomic mass is 9.86. The lowest BCUT2D eigenvalue weighted by Gasteiger charge is -2.34. The van der Waals surface area contributed by atoms with Gasteiger partial charge in [-0.05, 0) is 31.6 Å². The largest absolute Gasteiger partial charge is 0.396 e. The molecule has 1 aliphatic heterocycles. The van der Waals surface area contributed by atoms with Gasteiger partial charge in [0.25, 0.3) is 0 Å². The number of likely N-dealkylation sites (tertiary alicyclic amines) is 1. The minimum Gasteiger partial charge on any atom is -0.396 e. The lowest BCUT2D eigenvalue weighted by Crippen LogP contribution is -2.39. The SMILES string of the molecule is C=CC1CC(=O)N(C2CCC(CO)CC2)C1. The molecule has 2 rings (SSSR count). The zero-order valence-electron chi connectivity index (χ0n) is 9.77. The fourth-order valence-electron chi connectivity index (χ4n) is 2.91. The molecule has 1 saturated carbocycles. The normalized spacial score (nSPS) is 35.4. The van der Waals surface area contributed by atoms with Crippen LogP contribution < -0.4 is 0 Å².